The normalized spacial score (nSPS) is 28.3. The zero-order valence-corrected chi connectivity index (χ0v) is 31.9. The van der Waals surface area contributed by atoms with Gasteiger partial charge < -0.3 is 57.4 Å². The monoisotopic (exact) mass is 774 g/mol. The summed E-state index contributed by atoms with van der Waals surface area (Å²) in [4.78, 5) is 108. The largest absolute Gasteiger partial charge is 0.508 e. The van der Waals surface area contributed by atoms with Crippen molar-refractivity contribution < 1.29 is 53.7 Å². The lowest BCUT2D eigenvalue weighted by Crippen LogP contribution is -2.63. The summed E-state index contributed by atoms with van der Waals surface area (Å²) in [5, 5.41) is 48.1. The van der Waals surface area contributed by atoms with Gasteiger partial charge in [-0.1, -0.05) is 26.0 Å². The van der Waals surface area contributed by atoms with Crippen LogP contribution < -0.4 is 37.2 Å². The molecule has 1 aromatic carbocycles. The molecule has 55 heavy (non-hydrogen) atoms. The first-order valence-electron chi connectivity index (χ1n) is 18.3. The Hall–Kier alpha value is -5.30. The fourth-order valence-electron chi connectivity index (χ4n) is 6.22. The maximum atomic E-state index is 13.8. The van der Waals surface area contributed by atoms with Crippen molar-refractivity contribution in [3.05, 3.63) is 29.8 Å². The summed E-state index contributed by atoms with van der Waals surface area (Å²) in [7, 11) is 0. The van der Waals surface area contributed by atoms with Crippen molar-refractivity contribution in [1.82, 2.24) is 42.1 Å². The number of amides is 8. The van der Waals surface area contributed by atoms with E-state index in [4.69, 9.17) is 0 Å². The number of aromatic hydroxyl groups is 1. The van der Waals surface area contributed by atoms with Crippen LogP contribution in [0.3, 0.4) is 0 Å². The number of rotatable bonds is 6. The number of phenolic OH excluding ortho intramolecular Hbond substituents is 1. The van der Waals surface area contributed by atoms with Crippen LogP contribution in [0.2, 0.25) is 0 Å². The molecule has 10 N–H and O–H groups in total. The van der Waals surface area contributed by atoms with Crippen molar-refractivity contribution >= 4 is 47.3 Å². The molecule has 304 valence electrons. The summed E-state index contributed by atoms with van der Waals surface area (Å²) in [5.74, 6) is -6.71. The Morgan fingerprint density at radius 1 is 0.673 bits per heavy atom. The highest BCUT2D eigenvalue weighted by Crippen LogP contribution is 2.19. The van der Waals surface area contributed by atoms with E-state index in [1.807, 2.05) is 0 Å². The quantitative estimate of drug-likeness (QED) is 0.138. The molecule has 0 spiro atoms. The van der Waals surface area contributed by atoms with Crippen molar-refractivity contribution in [2.75, 3.05) is 13.1 Å². The second kappa shape index (κ2) is 19.9. The van der Waals surface area contributed by atoms with Gasteiger partial charge in [-0.15, -0.1) is 0 Å². The number of benzene rings is 1. The van der Waals surface area contributed by atoms with Crippen LogP contribution in [0.5, 0.6) is 5.75 Å². The van der Waals surface area contributed by atoms with Crippen LogP contribution in [0, 0.1) is 5.92 Å². The molecule has 2 aliphatic heterocycles. The molecular weight excluding hydrogens is 720 g/mol. The van der Waals surface area contributed by atoms with E-state index >= 15 is 0 Å². The Balaban J connectivity index is 2.00. The Morgan fingerprint density at radius 3 is 1.82 bits per heavy atom. The van der Waals surface area contributed by atoms with Gasteiger partial charge in [-0.2, -0.15) is 0 Å². The van der Waals surface area contributed by atoms with Gasteiger partial charge in [-0.25, -0.2) is 0 Å². The summed E-state index contributed by atoms with van der Waals surface area (Å²) in [5.41, 5.74) is 0.479. The van der Waals surface area contributed by atoms with Crippen molar-refractivity contribution in [3.63, 3.8) is 0 Å². The van der Waals surface area contributed by atoms with Gasteiger partial charge in [0.25, 0.3) is 0 Å². The molecule has 0 radical (unpaired) electrons. The minimum atomic E-state index is -1.72. The van der Waals surface area contributed by atoms with Crippen LogP contribution in [-0.4, -0.2) is 135 Å². The fraction of sp³-hybridized carbons (Fsp3) is 0.611. The number of nitrogens with one attached hydrogen (secondary N) is 7. The minimum Gasteiger partial charge on any atom is -0.508 e. The van der Waals surface area contributed by atoms with Gasteiger partial charge in [-0.05, 0) is 70.6 Å². The molecule has 2 saturated heterocycles. The Kier molecular flexibility index (Phi) is 15.9. The number of carbonyl (C=O) groups excluding carboxylic acids is 8. The van der Waals surface area contributed by atoms with E-state index in [0.717, 1.165) is 0 Å². The van der Waals surface area contributed by atoms with Gasteiger partial charge in [0.15, 0.2) is 0 Å². The smallest absolute Gasteiger partial charge is 0.245 e. The minimum absolute atomic E-state index is 0.0592. The average Bonchev–Trinajstić information content (AvgIpc) is 3.61. The van der Waals surface area contributed by atoms with E-state index < -0.39 is 108 Å². The first-order valence-corrected chi connectivity index (χ1v) is 18.3. The maximum absolute atomic E-state index is 13.8. The molecule has 2 aliphatic rings. The van der Waals surface area contributed by atoms with Crippen LogP contribution >= 0.6 is 0 Å². The summed E-state index contributed by atoms with van der Waals surface area (Å²) < 4.78 is 0. The Bertz CT molecular complexity index is 1590. The summed E-state index contributed by atoms with van der Waals surface area (Å²) in [6, 6.07) is -3.62. The fourth-order valence-corrected chi connectivity index (χ4v) is 6.22. The van der Waals surface area contributed by atoms with Crippen molar-refractivity contribution in [2.45, 2.75) is 122 Å². The van der Waals surface area contributed by atoms with Crippen LogP contribution in [0.4, 0.5) is 0 Å². The van der Waals surface area contributed by atoms with Gasteiger partial charge in [-0.3, -0.25) is 38.4 Å². The summed E-state index contributed by atoms with van der Waals surface area (Å²) in [6.07, 6.45) is -2.42. The molecule has 2 fully saturated rings. The first kappa shape index (κ1) is 44.1. The molecular formula is C36H54N8O11. The van der Waals surface area contributed by atoms with Crippen LogP contribution in [0.15, 0.2) is 24.3 Å². The van der Waals surface area contributed by atoms with E-state index in [1.54, 1.807) is 13.8 Å². The molecule has 8 amide bonds. The predicted molar refractivity (Wildman–Crippen MR) is 195 cm³/mol. The van der Waals surface area contributed by atoms with E-state index in [9.17, 15) is 53.7 Å². The van der Waals surface area contributed by atoms with Crippen LogP contribution in [0.1, 0.15) is 66.4 Å². The third-order valence-electron chi connectivity index (χ3n) is 9.24. The number of aliphatic hydroxyl groups excluding tert-OH is 2. The van der Waals surface area contributed by atoms with Crippen molar-refractivity contribution in [2.24, 2.45) is 5.92 Å². The van der Waals surface area contributed by atoms with E-state index in [1.165, 1.54) is 56.9 Å². The van der Waals surface area contributed by atoms with E-state index in [-0.39, 0.29) is 37.5 Å². The highest BCUT2D eigenvalue weighted by atomic mass is 16.3. The van der Waals surface area contributed by atoms with Gasteiger partial charge in [0.1, 0.15) is 48.0 Å². The van der Waals surface area contributed by atoms with Crippen LogP contribution in [-0.2, 0) is 44.8 Å². The lowest BCUT2D eigenvalue weighted by molar-refractivity contribution is -0.142. The third kappa shape index (κ3) is 12.6. The second-order valence-corrected chi connectivity index (χ2v) is 14.5. The van der Waals surface area contributed by atoms with Gasteiger partial charge in [0, 0.05) is 13.0 Å². The number of phenols is 1. The molecule has 19 nitrogen and oxygen atoms in total. The Labute approximate surface area is 319 Å². The highest BCUT2D eigenvalue weighted by Gasteiger charge is 2.39. The number of hydrogen-bond acceptors (Lipinski definition) is 11. The molecule has 9 atom stereocenters. The molecule has 0 saturated carbocycles. The second-order valence-electron chi connectivity index (χ2n) is 14.5. The van der Waals surface area contributed by atoms with E-state index in [2.05, 4.69) is 37.2 Å². The SMILES string of the molecule is CC(C)C[C@@H]1NC(=O)[C@H](Cc2ccc(O)cc2)NC(=O)[C@H]([C@@H](C)O)NC(=O)[C@H]([C@@H](C)O)NC(=O)[C@H](C)NC(=O)[C@@H]2CCCN2C(=O)[C@H](C)NC(=O)CNC1=O. The summed E-state index contributed by atoms with van der Waals surface area (Å²) in [6.45, 7) is 8.37. The standard InChI is InChI=1S/C36H54N8O11/c1-17(2)14-24-31(50)37-16-27(48)38-19(4)36(55)44-13-7-8-26(44)33(52)39-18(3)30(49)42-29(21(6)46)35(54)43-28(20(5)45)34(53)41-25(32(51)40-24)15-22-9-11-23(47)12-10-22/h9-12,17-21,24-26,28-29,45-47H,7-8,13-16H2,1-6H3,(H,37,50)(H,38,48)(H,39,52)(H,40,51)(H,41,53)(H,42,49)(H,43,54)/t18-,19-,20+,21+,24-,25-,26-,28-,29-/m0/s1. The highest BCUT2D eigenvalue weighted by molar-refractivity contribution is 5.98. The zero-order valence-electron chi connectivity index (χ0n) is 31.9. The van der Waals surface area contributed by atoms with Crippen LogP contribution in [0.25, 0.3) is 0 Å². The Morgan fingerprint density at radius 2 is 1.24 bits per heavy atom. The molecule has 0 bridgehead atoms. The zero-order chi connectivity index (χ0) is 41.1. The first-order chi connectivity index (χ1) is 25.8. The number of hydrogen-bond donors (Lipinski definition) is 10. The number of fused-ring (bicyclic) bond motifs is 1. The molecule has 19 heteroatoms. The third-order valence-corrected chi connectivity index (χ3v) is 9.24. The van der Waals surface area contributed by atoms with Gasteiger partial charge in [0.2, 0.25) is 47.3 Å². The van der Waals surface area contributed by atoms with Gasteiger partial charge in [0.05, 0.1) is 18.8 Å². The molecule has 0 unspecified atom stereocenters. The lowest BCUT2D eigenvalue weighted by Gasteiger charge is -2.30. The molecule has 2 heterocycles. The van der Waals surface area contributed by atoms with E-state index in [0.29, 0.717) is 12.0 Å². The number of carbonyl (C=O) groups is 8. The molecule has 0 aromatic heterocycles. The number of aliphatic hydroxyl groups is 2. The molecule has 1 aromatic rings. The molecule has 0 aliphatic carbocycles. The topological polar surface area (TPSA) is 285 Å². The van der Waals surface area contributed by atoms with Gasteiger partial charge >= 0.3 is 0 Å². The molecule has 3 rings (SSSR count). The van der Waals surface area contributed by atoms with Crippen molar-refractivity contribution in [3.8, 4) is 5.75 Å². The number of nitrogens with zero attached hydrogens (tertiary/aromatic N) is 1. The average molecular weight is 775 g/mol. The summed E-state index contributed by atoms with van der Waals surface area (Å²) >= 11 is 0. The maximum Gasteiger partial charge on any atom is 0.245 e. The lowest BCUT2D eigenvalue weighted by atomic mass is 10.0. The van der Waals surface area contributed by atoms with Crippen molar-refractivity contribution in [1.29, 1.82) is 0 Å². The predicted octanol–water partition coefficient (Wildman–Crippen LogP) is -3.19.